The van der Waals surface area contributed by atoms with Gasteiger partial charge in [0.05, 0.1) is 5.41 Å². The van der Waals surface area contributed by atoms with Crippen LogP contribution >= 0.6 is 0 Å². The number of carbonyl (C=O) groups excluding carboxylic acids is 1. The normalized spacial score (nSPS) is 17.7. The highest BCUT2D eigenvalue weighted by molar-refractivity contribution is 5.98. The summed E-state index contributed by atoms with van der Waals surface area (Å²) >= 11 is 0. The van der Waals surface area contributed by atoms with Gasteiger partial charge in [-0.2, -0.15) is 0 Å². The molecule has 1 atom stereocenters. The van der Waals surface area contributed by atoms with Crippen molar-refractivity contribution in [2.75, 3.05) is 5.32 Å². The minimum atomic E-state index is -0.494. The molecule has 1 amide bonds. The molecule has 1 aliphatic rings. The highest BCUT2D eigenvalue weighted by Gasteiger charge is 2.37. The average molecular weight is 335 g/mol. The van der Waals surface area contributed by atoms with E-state index >= 15 is 0 Å². The molecular weight excluding hydrogens is 306 g/mol. The lowest BCUT2D eigenvalue weighted by Crippen LogP contribution is -2.39. The number of para-hydroxylation sites is 1. The van der Waals surface area contributed by atoms with Crippen LogP contribution in [0.3, 0.4) is 0 Å². The topological polar surface area (TPSA) is 29.1 Å². The lowest BCUT2D eigenvalue weighted by atomic mass is 9.71. The maximum atomic E-state index is 13.3. The van der Waals surface area contributed by atoms with Crippen LogP contribution in [0.2, 0.25) is 0 Å². The van der Waals surface area contributed by atoms with Gasteiger partial charge in [0.2, 0.25) is 5.91 Å². The van der Waals surface area contributed by atoms with Crippen molar-refractivity contribution in [3.63, 3.8) is 0 Å². The van der Waals surface area contributed by atoms with Crippen molar-refractivity contribution < 1.29 is 4.79 Å². The van der Waals surface area contributed by atoms with E-state index in [1.165, 1.54) is 37.7 Å². The summed E-state index contributed by atoms with van der Waals surface area (Å²) in [6.45, 7) is 4.21. The number of aryl methyl sites for hydroxylation is 1. The number of hydrogen-bond donors (Lipinski definition) is 1. The first-order valence-electron chi connectivity index (χ1n) is 9.51. The van der Waals surface area contributed by atoms with E-state index in [0.29, 0.717) is 5.92 Å². The van der Waals surface area contributed by atoms with Crippen LogP contribution in [0.4, 0.5) is 5.69 Å². The van der Waals surface area contributed by atoms with E-state index in [9.17, 15) is 4.79 Å². The zero-order chi connectivity index (χ0) is 17.7. The molecular formula is C23H29NO. The van der Waals surface area contributed by atoms with Gasteiger partial charge in [-0.15, -0.1) is 0 Å². The molecule has 3 rings (SSSR count). The van der Waals surface area contributed by atoms with Crippen LogP contribution < -0.4 is 5.32 Å². The number of benzene rings is 2. The molecule has 25 heavy (non-hydrogen) atoms. The molecule has 0 spiro atoms. The summed E-state index contributed by atoms with van der Waals surface area (Å²) < 4.78 is 0. The molecule has 132 valence electrons. The SMILES string of the molecule is Cc1ccc(C(C)(CC2CCCCC2)C(=O)Nc2ccccc2)cc1. The third kappa shape index (κ3) is 4.31. The monoisotopic (exact) mass is 335 g/mol. The Kier molecular flexibility index (Phi) is 5.57. The molecule has 1 unspecified atom stereocenters. The number of amides is 1. The van der Waals surface area contributed by atoms with E-state index < -0.39 is 5.41 Å². The highest BCUT2D eigenvalue weighted by Crippen LogP contribution is 2.38. The van der Waals surface area contributed by atoms with Crippen molar-refractivity contribution >= 4 is 11.6 Å². The van der Waals surface area contributed by atoms with Gasteiger partial charge in [-0.25, -0.2) is 0 Å². The maximum absolute atomic E-state index is 13.3. The molecule has 0 saturated heterocycles. The van der Waals surface area contributed by atoms with E-state index in [0.717, 1.165) is 17.7 Å². The predicted octanol–water partition coefficient (Wildman–Crippen LogP) is 5.86. The minimum absolute atomic E-state index is 0.105. The second-order valence-electron chi connectivity index (χ2n) is 7.73. The van der Waals surface area contributed by atoms with Crippen LogP contribution in [0, 0.1) is 12.8 Å². The van der Waals surface area contributed by atoms with E-state index in [-0.39, 0.29) is 5.91 Å². The Bertz CT molecular complexity index is 686. The average Bonchev–Trinajstić information content (AvgIpc) is 2.64. The molecule has 1 fully saturated rings. The smallest absolute Gasteiger partial charge is 0.234 e. The molecule has 0 bridgehead atoms. The molecule has 0 radical (unpaired) electrons. The number of hydrogen-bond acceptors (Lipinski definition) is 1. The summed E-state index contributed by atoms with van der Waals surface area (Å²) in [7, 11) is 0. The lowest BCUT2D eigenvalue weighted by molar-refractivity contribution is -0.121. The van der Waals surface area contributed by atoms with Gasteiger partial charge < -0.3 is 5.32 Å². The standard InChI is InChI=1S/C23H29NO/c1-18-13-15-20(16-14-18)23(2,17-19-9-5-3-6-10-19)22(25)24-21-11-7-4-8-12-21/h4,7-8,11-16,19H,3,5-6,9-10,17H2,1-2H3,(H,24,25). The Morgan fingerprint density at radius 2 is 1.64 bits per heavy atom. The first-order chi connectivity index (χ1) is 12.1. The van der Waals surface area contributed by atoms with Crippen LogP contribution in [-0.4, -0.2) is 5.91 Å². The maximum Gasteiger partial charge on any atom is 0.234 e. The summed E-state index contributed by atoms with van der Waals surface area (Å²) in [5.41, 5.74) is 2.73. The van der Waals surface area contributed by atoms with Crippen molar-refractivity contribution in [3.8, 4) is 0 Å². The molecule has 2 aromatic rings. The van der Waals surface area contributed by atoms with Crippen LogP contribution in [0.25, 0.3) is 0 Å². The molecule has 2 heteroatoms. The number of carbonyl (C=O) groups is 1. The van der Waals surface area contributed by atoms with Gasteiger partial charge in [0, 0.05) is 5.69 Å². The van der Waals surface area contributed by atoms with Gasteiger partial charge in [0.25, 0.3) is 0 Å². The second kappa shape index (κ2) is 7.86. The Balaban J connectivity index is 1.87. The zero-order valence-electron chi connectivity index (χ0n) is 15.4. The molecule has 1 N–H and O–H groups in total. The molecule has 0 aromatic heterocycles. The minimum Gasteiger partial charge on any atom is -0.325 e. The Morgan fingerprint density at radius 3 is 2.28 bits per heavy atom. The number of anilines is 1. The van der Waals surface area contributed by atoms with Crippen molar-refractivity contribution in [1.29, 1.82) is 0 Å². The lowest BCUT2D eigenvalue weighted by Gasteiger charge is -2.34. The van der Waals surface area contributed by atoms with Gasteiger partial charge in [0.15, 0.2) is 0 Å². The molecule has 2 aromatic carbocycles. The van der Waals surface area contributed by atoms with Gasteiger partial charge in [-0.05, 0) is 43.9 Å². The summed E-state index contributed by atoms with van der Waals surface area (Å²) in [4.78, 5) is 13.3. The largest absolute Gasteiger partial charge is 0.325 e. The second-order valence-corrected chi connectivity index (χ2v) is 7.73. The number of nitrogens with one attached hydrogen (secondary N) is 1. The summed E-state index contributed by atoms with van der Waals surface area (Å²) in [5.74, 6) is 0.745. The van der Waals surface area contributed by atoms with Crippen molar-refractivity contribution in [1.82, 2.24) is 0 Å². The molecule has 0 heterocycles. The molecule has 2 nitrogen and oxygen atoms in total. The third-order valence-corrected chi connectivity index (χ3v) is 5.64. The third-order valence-electron chi connectivity index (χ3n) is 5.64. The van der Waals surface area contributed by atoms with Gasteiger partial charge in [-0.1, -0.05) is 80.1 Å². The summed E-state index contributed by atoms with van der Waals surface area (Å²) in [6.07, 6.45) is 7.37. The van der Waals surface area contributed by atoms with Crippen LogP contribution in [0.5, 0.6) is 0 Å². The Hall–Kier alpha value is -2.09. The van der Waals surface area contributed by atoms with Gasteiger partial charge in [-0.3, -0.25) is 4.79 Å². The van der Waals surface area contributed by atoms with Crippen molar-refractivity contribution in [3.05, 3.63) is 65.7 Å². The van der Waals surface area contributed by atoms with Crippen molar-refractivity contribution in [2.45, 2.75) is 57.8 Å². The van der Waals surface area contributed by atoms with E-state index in [1.54, 1.807) is 0 Å². The van der Waals surface area contributed by atoms with Gasteiger partial charge >= 0.3 is 0 Å². The van der Waals surface area contributed by atoms with Gasteiger partial charge in [0.1, 0.15) is 0 Å². The van der Waals surface area contributed by atoms with E-state index in [4.69, 9.17) is 0 Å². The Labute approximate surface area is 151 Å². The van der Waals surface area contributed by atoms with Crippen LogP contribution in [-0.2, 0) is 10.2 Å². The van der Waals surface area contributed by atoms with Crippen LogP contribution in [0.1, 0.15) is 56.6 Å². The zero-order valence-corrected chi connectivity index (χ0v) is 15.4. The first-order valence-corrected chi connectivity index (χ1v) is 9.51. The first kappa shape index (κ1) is 17.7. The summed E-state index contributed by atoms with van der Waals surface area (Å²) in [6, 6.07) is 18.3. The molecule has 0 aliphatic heterocycles. The Morgan fingerprint density at radius 1 is 1.00 bits per heavy atom. The van der Waals surface area contributed by atoms with E-state index in [2.05, 4.69) is 43.4 Å². The molecule has 1 saturated carbocycles. The fourth-order valence-electron chi connectivity index (χ4n) is 4.02. The number of rotatable bonds is 5. The van der Waals surface area contributed by atoms with Crippen LogP contribution in [0.15, 0.2) is 54.6 Å². The quantitative estimate of drug-likeness (QED) is 0.728. The highest BCUT2D eigenvalue weighted by atomic mass is 16.2. The summed E-state index contributed by atoms with van der Waals surface area (Å²) in [5, 5.41) is 3.15. The molecule has 1 aliphatic carbocycles. The predicted molar refractivity (Wildman–Crippen MR) is 105 cm³/mol. The van der Waals surface area contributed by atoms with E-state index in [1.807, 2.05) is 30.3 Å². The van der Waals surface area contributed by atoms with Crippen molar-refractivity contribution in [2.24, 2.45) is 5.92 Å². The fraction of sp³-hybridized carbons (Fsp3) is 0.435. The fourth-order valence-corrected chi connectivity index (χ4v) is 4.02.